The van der Waals surface area contributed by atoms with Crippen LogP contribution in [0.25, 0.3) is 11.0 Å². The zero-order valence-electron chi connectivity index (χ0n) is 14.9. The molecule has 0 fully saturated rings. The first kappa shape index (κ1) is 17.0. The Morgan fingerprint density at radius 3 is 2.67 bits per heavy atom. The molecule has 8 nitrogen and oxygen atoms in total. The first-order valence-corrected chi connectivity index (χ1v) is 8.44. The number of rotatable bonds is 3. The van der Waals surface area contributed by atoms with Crippen LogP contribution in [0.15, 0.2) is 29.2 Å². The van der Waals surface area contributed by atoms with Crippen LogP contribution in [0.2, 0.25) is 0 Å². The number of carbonyl (C=O) groups is 1. The Balaban J connectivity index is 1.84. The largest absolute Gasteiger partial charge is 0.493 e. The molecule has 1 atom stereocenters. The first-order chi connectivity index (χ1) is 13.0. The number of nitrogens with two attached hydrogens (primary N) is 1. The Hall–Kier alpha value is -3.42. The minimum atomic E-state index is -0.386. The van der Waals surface area contributed by atoms with Crippen molar-refractivity contribution in [2.45, 2.75) is 18.8 Å². The van der Waals surface area contributed by atoms with Crippen LogP contribution in [0, 0.1) is 0 Å². The van der Waals surface area contributed by atoms with Crippen molar-refractivity contribution >= 4 is 22.8 Å². The third-order valence-electron chi connectivity index (χ3n) is 4.92. The maximum absolute atomic E-state index is 12.7. The highest BCUT2D eigenvalue weighted by Gasteiger charge is 2.30. The van der Waals surface area contributed by atoms with Gasteiger partial charge in [-0.1, -0.05) is 6.07 Å². The SMILES string of the molecule is COc1ccc([C@@H]2CC(=O)c3cnc4nc(N)[nH]c(=O)c4c3C2)cc1OC. The minimum Gasteiger partial charge on any atom is -0.493 e. The maximum Gasteiger partial charge on any atom is 0.262 e. The molecule has 138 valence electrons. The summed E-state index contributed by atoms with van der Waals surface area (Å²) in [5.41, 5.74) is 7.53. The van der Waals surface area contributed by atoms with Crippen molar-refractivity contribution in [2.24, 2.45) is 0 Å². The van der Waals surface area contributed by atoms with Crippen LogP contribution in [-0.4, -0.2) is 35.0 Å². The number of ketones is 1. The monoisotopic (exact) mass is 366 g/mol. The number of benzene rings is 1. The maximum atomic E-state index is 12.7. The molecule has 0 bridgehead atoms. The van der Waals surface area contributed by atoms with Crippen LogP contribution in [-0.2, 0) is 6.42 Å². The van der Waals surface area contributed by atoms with E-state index in [1.165, 1.54) is 6.20 Å². The van der Waals surface area contributed by atoms with E-state index in [9.17, 15) is 9.59 Å². The highest BCUT2D eigenvalue weighted by Crippen LogP contribution is 2.38. The quantitative estimate of drug-likeness (QED) is 0.725. The summed E-state index contributed by atoms with van der Waals surface area (Å²) in [4.78, 5) is 35.9. The number of hydrogen-bond acceptors (Lipinski definition) is 7. The zero-order chi connectivity index (χ0) is 19.1. The number of hydrogen-bond donors (Lipinski definition) is 2. The Kier molecular flexibility index (Phi) is 4.02. The van der Waals surface area contributed by atoms with Crippen LogP contribution in [0.4, 0.5) is 5.95 Å². The van der Waals surface area contributed by atoms with E-state index in [0.717, 1.165) is 5.56 Å². The first-order valence-electron chi connectivity index (χ1n) is 8.44. The molecular weight excluding hydrogens is 348 g/mol. The highest BCUT2D eigenvalue weighted by atomic mass is 16.5. The molecule has 0 unspecified atom stereocenters. The number of methoxy groups -OCH3 is 2. The Bertz CT molecular complexity index is 1120. The Labute approximate surface area is 154 Å². The number of nitrogen functional groups attached to an aromatic ring is 1. The normalized spacial score (nSPS) is 16.2. The molecule has 3 N–H and O–H groups in total. The highest BCUT2D eigenvalue weighted by molar-refractivity contribution is 6.02. The van der Waals surface area contributed by atoms with Crippen molar-refractivity contribution in [2.75, 3.05) is 20.0 Å². The van der Waals surface area contributed by atoms with Crippen molar-refractivity contribution in [1.29, 1.82) is 0 Å². The molecule has 0 amide bonds. The number of anilines is 1. The Morgan fingerprint density at radius 2 is 1.93 bits per heavy atom. The van der Waals surface area contributed by atoms with Gasteiger partial charge in [-0.3, -0.25) is 14.6 Å². The number of fused-ring (bicyclic) bond motifs is 3. The number of aromatic nitrogens is 3. The molecule has 0 radical (unpaired) electrons. The second-order valence-electron chi connectivity index (χ2n) is 6.44. The van der Waals surface area contributed by atoms with E-state index < -0.39 is 0 Å². The summed E-state index contributed by atoms with van der Waals surface area (Å²) >= 11 is 0. The lowest BCUT2D eigenvalue weighted by atomic mass is 9.79. The summed E-state index contributed by atoms with van der Waals surface area (Å²) in [6, 6.07) is 5.59. The van der Waals surface area contributed by atoms with Crippen molar-refractivity contribution in [3.8, 4) is 11.5 Å². The number of carbonyl (C=O) groups excluding carboxylic acids is 1. The molecule has 2 aromatic heterocycles. The standard InChI is InChI=1S/C19H18N4O4/c1-26-14-4-3-9(7-15(14)27-2)10-5-11-12(13(24)6-10)8-21-17-16(11)18(25)23-19(20)22-17/h3-4,7-8,10H,5-6H2,1-2H3,(H3,20,21,22,23,25)/t10-/m0/s1. The fourth-order valence-corrected chi connectivity index (χ4v) is 3.63. The molecule has 1 aliphatic carbocycles. The van der Waals surface area contributed by atoms with Gasteiger partial charge in [0.05, 0.1) is 19.6 Å². The van der Waals surface area contributed by atoms with Crippen LogP contribution in [0.5, 0.6) is 11.5 Å². The molecule has 0 aliphatic heterocycles. The smallest absolute Gasteiger partial charge is 0.262 e. The van der Waals surface area contributed by atoms with E-state index in [2.05, 4.69) is 15.0 Å². The number of Topliss-reactive ketones (excluding diaryl/α,β-unsaturated/α-hetero) is 1. The number of pyridine rings is 1. The predicted molar refractivity (Wildman–Crippen MR) is 99.5 cm³/mol. The van der Waals surface area contributed by atoms with Crippen molar-refractivity contribution in [3.63, 3.8) is 0 Å². The van der Waals surface area contributed by atoms with Crippen molar-refractivity contribution in [1.82, 2.24) is 15.0 Å². The number of nitrogens with zero attached hydrogens (tertiary/aromatic N) is 2. The average Bonchev–Trinajstić information content (AvgIpc) is 2.66. The van der Waals surface area contributed by atoms with E-state index in [1.54, 1.807) is 14.2 Å². The molecule has 0 spiro atoms. The third kappa shape index (κ3) is 2.79. The van der Waals surface area contributed by atoms with Gasteiger partial charge in [-0.15, -0.1) is 0 Å². The number of aromatic amines is 1. The summed E-state index contributed by atoms with van der Waals surface area (Å²) in [6.45, 7) is 0. The van der Waals surface area contributed by atoms with Gasteiger partial charge in [0.25, 0.3) is 5.56 Å². The Morgan fingerprint density at radius 1 is 1.15 bits per heavy atom. The van der Waals surface area contributed by atoms with Gasteiger partial charge < -0.3 is 15.2 Å². The molecule has 27 heavy (non-hydrogen) atoms. The summed E-state index contributed by atoms with van der Waals surface area (Å²) < 4.78 is 10.6. The molecule has 2 heterocycles. The fraction of sp³-hybridized carbons (Fsp3) is 0.263. The molecular formula is C19H18N4O4. The van der Waals surface area contributed by atoms with Gasteiger partial charge in [-0.25, -0.2) is 4.98 Å². The second kappa shape index (κ2) is 6.39. The lowest BCUT2D eigenvalue weighted by molar-refractivity contribution is 0.0964. The summed E-state index contributed by atoms with van der Waals surface area (Å²) in [5, 5.41) is 0.320. The van der Waals surface area contributed by atoms with Crippen LogP contribution in [0.3, 0.4) is 0 Å². The van der Waals surface area contributed by atoms with E-state index in [4.69, 9.17) is 15.2 Å². The molecule has 4 rings (SSSR count). The van der Waals surface area contributed by atoms with Crippen LogP contribution >= 0.6 is 0 Å². The fourth-order valence-electron chi connectivity index (χ4n) is 3.63. The van der Waals surface area contributed by atoms with E-state index >= 15 is 0 Å². The van der Waals surface area contributed by atoms with Gasteiger partial charge in [-0.05, 0) is 35.6 Å². The molecule has 0 saturated heterocycles. The lowest BCUT2D eigenvalue weighted by Gasteiger charge is -2.25. The molecule has 1 aromatic carbocycles. The van der Waals surface area contributed by atoms with E-state index in [0.29, 0.717) is 40.9 Å². The number of nitrogens with one attached hydrogen (secondary N) is 1. The van der Waals surface area contributed by atoms with Gasteiger partial charge in [0.1, 0.15) is 0 Å². The zero-order valence-corrected chi connectivity index (χ0v) is 14.9. The lowest BCUT2D eigenvalue weighted by Crippen LogP contribution is -2.23. The van der Waals surface area contributed by atoms with E-state index in [1.807, 2.05) is 18.2 Å². The van der Waals surface area contributed by atoms with Gasteiger partial charge in [-0.2, -0.15) is 4.98 Å². The molecule has 8 heteroatoms. The topological polar surface area (TPSA) is 120 Å². The molecule has 0 saturated carbocycles. The summed E-state index contributed by atoms with van der Waals surface area (Å²) in [5.74, 6) is 1.07. The second-order valence-corrected chi connectivity index (χ2v) is 6.44. The number of ether oxygens (including phenoxy) is 2. The summed E-state index contributed by atoms with van der Waals surface area (Å²) in [6.07, 6.45) is 2.33. The number of H-pyrrole nitrogens is 1. The van der Waals surface area contributed by atoms with Gasteiger partial charge >= 0.3 is 0 Å². The van der Waals surface area contributed by atoms with Gasteiger partial charge in [0, 0.05) is 18.2 Å². The van der Waals surface area contributed by atoms with Gasteiger partial charge in [0.2, 0.25) is 5.95 Å². The van der Waals surface area contributed by atoms with Crippen LogP contribution in [0.1, 0.15) is 33.8 Å². The van der Waals surface area contributed by atoms with Crippen molar-refractivity contribution < 1.29 is 14.3 Å². The summed E-state index contributed by atoms with van der Waals surface area (Å²) in [7, 11) is 3.14. The predicted octanol–water partition coefficient (Wildman–Crippen LogP) is 1.83. The minimum absolute atomic E-state index is 0.00136. The van der Waals surface area contributed by atoms with Crippen molar-refractivity contribution in [3.05, 3.63) is 51.4 Å². The average molecular weight is 366 g/mol. The molecule has 3 aromatic rings. The molecule has 1 aliphatic rings. The van der Waals surface area contributed by atoms with Crippen LogP contribution < -0.4 is 20.8 Å². The third-order valence-corrected chi connectivity index (χ3v) is 4.92. The van der Waals surface area contributed by atoms with E-state index in [-0.39, 0.29) is 28.9 Å². The van der Waals surface area contributed by atoms with Gasteiger partial charge in [0.15, 0.2) is 22.9 Å².